The first kappa shape index (κ1) is 12.1. The Morgan fingerprint density at radius 2 is 1.53 bits per heavy atom. The number of rotatable bonds is 3. The van der Waals surface area contributed by atoms with Gasteiger partial charge in [-0.2, -0.15) is 18.2 Å². The fourth-order valence-electron chi connectivity index (χ4n) is 0.998. The second-order valence-corrected chi connectivity index (χ2v) is 2.71. The molecule has 0 fully saturated rings. The molecule has 0 heterocycles. The third-order valence-corrected chi connectivity index (χ3v) is 1.65. The van der Waals surface area contributed by atoms with Gasteiger partial charge in [-0.25, -0.2) is 0 Å². The van der Waals surface area contributed by atoms with E-state index < -0.39 is 0 Å². The van der Waals surface area contributed by atoms with E-state index in [4.69, 9.17) is 9.78 Å². The molecule has 0 aliphatic heterocycles. The van der Waals surface area contributed by atoms with Crippen molar-refractivity contribution in [2.75, 3.05) is 0 Å². The fourth-order valence-corrected chi connectivity index (χ4v) is 0.998. The summed E-state index contributed by atoms with van der Waals surface area (Å²) in [6.07, 6.45) is 0. The van der Waals surface area contributed by atoms with Gasteiger partial charge in [0.05, 0.1) is 5.75 Å². The molecule has 0 aliphatic rings. The topological polar surface area (TPSA) is 18.5 Å². The molecular formula is C12H9NaO2. The Kier molecular flexibility index (Phi) is 5.26. The van der Waals surface area contributed by atoms with Crippen LogP contribution in [0.5, 0.6) is 11.5 Å². The average Bonchev–Trinajstić information content (AvgIpc) is 2.29. The fraction of sp³-hybridized carbons (Fsp3) is 0. The van der Waals surface area contributed by atoms with Crippen LogP contribution in [0.1, 0.15) is 0 Å². The maximum atomic E-state index is 5.06. The molecule has 2 aromatic rings. The van der Waals surface area contributed by atoms with Crippen molar-refractivity contribution < 1.29 is 39.3 Å². The maximum absolute atomic E-state index is 5.06. The standard InChI is InChI=1S/C12H9O2.Na/c1-3-7-11(8-4-1)13-14-12-9-5-2-6-10-12;/h1-9H;/q-1;+1. The van der Waals surface area contributed by atoms with Gasteiger partial charge in [0, 0.05) is 0 Å². The van der Waals surface area contributed by atoms with Crippen LogP contribution in [-0.2, 0) is 0 Å². The van der Waals surface area contributed by atoms with Gasteiger partial charge in [-0.3, -0.25) is 4.89 Å². The Morgan fingerprint density at radius 1 is 0.800 bits per heavy atom. The first-order valence-corrected chi connectivity index (χ1v) is 4.31. The normalized spacial score (nSPS) is 8.80. The molecule has 2 nitrogen and oxygen atoms in total. The molecule has 0 saturated carbocycles. The van der Waals surface area contributed by atoms with Crippen LogP contribution in [-0.4, -0.2) is 0 Å². The minimum absolute atomic E-state index is 0. The van der Waals surface area contributed by atoms with Gasteiger partial charge in [-0.1, -0.05) is 18.2 Å². The molecule has 2 aromatic carbocycles. The molecule has 0 amide bonds. The van der Waals surface area contributed by atoms with Crippen LogP contribution in [0.3, 0.4) is 0 Å². The van der Waals surface area contributed by atoms with Gasteiger partial charge in [-0.15, -0.1) is 12.1 Å². The van der Waals surface area contributed by atoms with Crippen molar-refractivity contribution in [1.82, 2.24) is 0 Å². The van der Waals surface area contributed by atoms with Crippen molar-refractivity contribution >= 4 is 0 Å². The van der Waals surface area contributed by atoms with Crippen LogP contribution in [0, 0.1) is 6.07 Å². The molecule has 0 saturated heterocycles. The Balaban J connectivity index is 0.00000112. The third kappa shape index (κ3) is 3.96. The summed E-state index contributed by atoms with van der Waals surface area (Å²) in [5.41, 5.74) is 0. The predicted octanol–water partition coefficient (Wildman–Crippen LogP) is -0.136. The molecule has 2 rings (SSSR count). The van der Waals surface area contributed by atoms with Crippen molar-refractivity contribution in [3.05, 3.63) is 60.7 Å². The molecular weight excluding hydrogens is 199 g/mol. The monoisotopic (exact) mass is 208 g/mol. The SMILES string of the molecule is [Na+].[c-]1ccccc1OOc1ccccc1. The summed E-state index contributed by atoms with van der Waals surface area (Å²) in [6, 6.07) is 19.5. The molecule has 0 aliphatic carbocycles. The van der Waals surface area contributed by atoms with Gasteiger partial charge < -0.3 is 4.89 Å². The van der Waals surface area contributed by atoms with Crippen molar-refractivity contribution in [3.8, 4) is 11.5 Å². The van der Waals surface area contributed by atoms with Crippen LogP contribution in [0.15, 0.2) is 54.6 Å². The zero-order chi connectivity index (χ0) is 9.64. The van der Waals surface area contributed by atoms with Crippen molar-refractivity contribution in [2.24, 2.45) is 0 Å². The van der Waals surface area contributed by atoms with Gasteiger partial charge in [0.1, 0.15) is 0 Å². The van der Waals surface area contributed by atoms with Crippen LogP contribution in [0.2, 0.25) is 0 Å². The Morgan fingerprint density at radius 3 is 2.20 bits per heavy atom. The molecule has 0 N–H and O–H groups in total. The van der Waals surface area contributed by atoms with E-state index in [-0.39, 0.29) is 29.6 Å². The van der Waals surface area contributed by atoms with E-state index >= 15 is 0 Å². The molecule has 0 bridgehead atoms. The zero-order valence-electron chi connectivity index (χ0n) is 8.51. The van der Waals surface area contributed by atoms with Gasteiger partial charge >= 0.3 is 29.6 Å². The predicted molar refractivity (Wildman–Crippen MR) is 53.0 cm³/mol. The van der Waals surface area contributed by atoms with Gasteiger partial charge in [-0.05, 0) is 12.1 Å². The first-order chi connectivity index (χ1) is 6.95. The molecule has 3 heteroatoms. The van der Waals surface area contributed by atoms with Crippen molar-refractivity contribution in [2.45, 2.75) is 0 Å². The Labute approximate surface area is 111 Å². The summed E-state index contributed by atoms with van der Waals surface area (Å²) in [5, 5.41) is 0. The molecule has 0 radical (unpaired) electrons. The summed E-state index contributed by atoms with van der Waals surface area (Å²) in [4.78, 5) is 10.1. The molecule has 0 unspecified atom stereocenters. The van der Waals surface area contributed by atoms with Crippen molar-refractivity contribution in [3.63, 3.8) is 0 Å². The van der Waals surface area contributed by atoms with Crippen LogP contribution in [0.4, 0.5) is 0 Å². The molecule has 70 valence electrons. The molecule has 0 atom stereocenters. The summed E-state index contributed by atoms with van der Waals surface area (Å²) in [6.45, 7) is 0. The smallest absolute Gasteiger partial charge is 0.317 e. The second kappa shape index (κ2) is 6.51. The summed E-state index contributed by atoms with van der Waals surface area (Å²) in [5.74, 6) is 1.24. The van der Waals surface area contributed by atoms with Crippen LogP contribution < -0.4 is 39.3 Å². The zero-order valence-corrected chi connectivity index (χ0v) is 10.5. The molecule has 0 aromatic heterocycles. The first-order valence-electron chi connectivity index (χ1n) is 4.31. The summed E-state index contributed by atoms with van der Waals surface area (Å²) >= 11 is 0. The minimum atomic E-state index is 0. The number of hydrogen-bond acceptors (Lipinski definition) is 2. The van der Waals surface area contributed by atoms with Gasteiger partial charge in [0.15, 0.2) is 5.75 Å². The maximum Gasteiger partial charge on any atom is 1.00 e. The van der Waals surface area contributed by atoms with Crippen LogP contribution in [0.25, 0.3) is 0 Å². The number of benzene rings is 2. The number of para-hydroxylation sites is 2. The van der Waals surface area contributed by atoms with E-state index in [9.17, 15) is 0 Å². The van der Waals surface area contributed by atoms with E-state index in [1.54, 1.807) is 12.1 Å². The van der Waals surface area contributed by atoms with Gasteiger partial charge in [0.25, 0.3) is 0 Å². The van der Waals surface area contributed by atoms with Crippen LogP contribution >= 0.6 is 0 Å². The minimum Gasteiger partial charge on any atom is -0.317 e. The second-order valence-electron chi connectivity index (χ2n) is 2.71. The molecule has 15 heavy (non-hydrogen) atoms. The third-order valence-electron chi connectivity index (χ3n) is 1.65. The van der Waals surface area contributed by atoms with E-state index in [1.807, 2.05) is 42.5 Å². The van der Waals surface area contributed by atoms with E-state index in [0.29, 0.717) is 11.5 Å². The largest absolute Gasteiger partial charge is 1.00 e. The molecule has 0 spiro atoms. The number of hydrogen-bond donors (Lipinski definition) is 0. The summed E-state index contributed by atoms with van der Waals surface area (Å²) < 4.78 is 0. The average molecular weight is 208 g/mol. The quantitative estimate of drug-likeness (QED) is 0.302. The Bertz CT molecular complexity index is 336. The van der Waals surface area contributed by atoms with Crippen molar-refractivity contribution in [1.29, 1.82) is 0 Å². The Hall–Kier alpha value is -0.960. The van der Waals surface area contributed by atoms with E-state index in [1.165, 1.54) is 0 Å². The van der Waals surface area contributed by atoms with Gasteiger partial charge in [0.2, 0.25) is 0 Å². The van der Waals surface area contributed by atoms with E-state index in [0.717, 1.165) is 0 Å². The van der Waals surface area contributed by atoms with E-state index in [2.05, 4.69) is 6.07 Å². The summed E-state index contributed by atoms with van der Waals surface area (Å²) in [7, 11) is 0.